The molecule has 0 aromatic rings. The van der Waals surface area contributed by atoms with Crippen molar-refractivity contribution in [2.24, 2.45) is 5.92 Å². The highest BCUT2D eigenvalue weighted by Gasteiger charge is 2.12. The van der Waals surface area contributed by atoms with E-state index in [4.69, 9.17) is 9.47 Å². The van der Waals surface area contributed by atoms with Gasteiger partial charge in [-0.05, 0) is 50.9 Å². The molecular formula is C41H70O6. The molecule has 0 spiro atoms. The number of carbonyl (C=O) groups is 2. The zero-order valence-electron chi connectivity index (χ0n) is 30.3. The van der Waals surface area contributed by atoms with Gasteiger partial charge < -0.3 is 19.7 Å². The zero-order chi connectivity index (χ0) is 34.6. The van der Waals surface area contributed by atoms with Gasteiger partial charge >= 0.3 is 11.9 Å². The molecule has 0 aliphatic rings. The van der Waals surface area contributed by atoms with Gasteiger partial charge in [-0.2, -0.15) is 0 Å². The Balaban J connectivity index is 3.59. The molecule has 0 saturated heterocycles. The molecule has 0 aliphatic heterocycles. The third-order valence-corrected chi connectivity index (χ3v) is 7.77. The lowest BCUT2D eigenvalue weighted by Gasteiger charge is -2.12. The minimum absolute atomic E-state index is 0.145. The van der Waals surface area contributed by atoms with Crippen LogP contribution in [0.25, 0.3) is 0 Å². The predicted molar refractivity (Wildman–Crippen MR) is 197 cm³/mol. The van der Waals surface area contributed by atoms with Gasteiger partial charge in [-0.1, -0.05) is 159 Å². The van der Waals surface area contributed by atoms with Crippen molar-refractivity contribution in [2.75, 3.05) is 13.2 Å². The number of hydrogen-bond donors (Lipinski definition) is 2. The van der Waals surface area contributed by atoms with E-state index >= 15 is 0 Å². The van der Waals surface area contributed by atoms with E-state index in [-0.39, 0.29) is 31.6 Å². The highest BCUT2D eigenvalue weighted by atomic mass is 16.6. The first-order valence-electron chi connectivity index (χ1n) is 18.8. The first-order valence-corrected chi connectivity index (χ1v) is 18.8. The molecule has 1 unspecified atom stereocenters. The minimum atomic E-state index is -0.999. The normalized spacial score (nSPS) is 13.7. The summed E-state index contributed by atoms with van der Waals surface area (Å²) in [4.78, 5) is 23.9. The molecule has 0 radical (unpaired) electrons. The zero-order valence-corrected chi connectivity index (χ0v) is 30.3. The van der Waals surface area contributed by atoms with Crippen LogP contribution in [-0.2, 0) is 19.1 Å². The average Bonchev–Trinajstić information content (AvgIpc) is 3.05. The standard InChI is InChI=1S/C41H70O6/c1-4-5-31-38(42)32-27-23-19-15-11-7-9-13-17-21-25-29-34-41(45)47-36-39(43)35-46-40(44)33-28-24-20-16-12-8-6-10-14-18-22-26-30-37(2)3/h5,7,9,15,17,19,21,23,27,31,37-39,42-43H,4,6,8,10-14,16,18,20,22,24-26,28-30,32-36H2,1-3H3/b9-7-,19-15-,21-17-,27-23+,31-5-/t38?,39-/m1/s1. The quantitative estimate of drug-likeness (QED) is 0.0323. The molecule has 0 bridgehead atoms. The van der Waals surface area contributed by atoms with Gasteiger partial charge in [0.1, 0.15) is 19.3 Å². The van der Waals surface area contributed by atoms with Crippen LogP contribution < -0.4 is 0 Å². The SMILES string of the molecule is CC/C=C\C(O)C/C=C/C=C\C/C=C\C/C=C\CCCC(=O)OC[C@H](O)COC(=O)CCCCCCCCCCCCCCC(C)C. The van der Waals surface area contributed by atoms with Crippen molar-refractivity contribution < 1.29 is 29.3 Å². The predicted octanol–water partition coefficient (Wildman–Crippen LogP) is 10.4. The lowest BCUT2D eigenvalue weighted by atomic mass is 10.0. The van der Waals surface area contributed by atoms with Crippen LogP contribution in [0.15, 0.2) is 60.8 Å². The molecule has 0 aromatic heterocycles. The summed E-state index contributed by atoms with van der Waals surface area (Å²) in [5.74, 6) is 0.177. The van der Waals surface area contributed by atoms with Gasteiger partial charge in [0, 0.05) is 12.8 Å². The topological polar surface area (TPSA) is 93.1 Å². The van der Waals surface area contributed by atoms with E-state index < -0.39 is 12.2 Å². The number of hydrogen-bond acceptors (Lipinski definition) is 6. The summed E-state index contributed by atoms with van der Waals surface area (Å²) in [5, 5.41) is 19.7. The maximum atomic E-state index is 11.9. The fourth-order valence-corrected chi connectivity index (χ4v) is 4.91. The smallest absolute Gasteiger partial charge is 0.305 e. The van der Waals surface area contributed by atoms with Crippen LogP contribution in [0.4, 0.5) is 0 Å². The molecule has 0 rings (SSSR count). The monoisotopic (exact) mass is 659 g/mol. The van der Waals surface area contributed by atoms with Crippen LogP contribution >= 0.6 is 0 Å². The third-order valence-electron chi connectivity index (χ3n) is 7.77. The minimum Gasteiger partial charge on any atom is -0.463 e. The van der Waals surface area contributed by atoms with Crippen molar-refractivity contribution in [3.8, 4) is 0 Å². The van der Waals surface area contributed by atoms with E-state index in [1.54, 1.807) is 0 Å². The molecule has 6 nitrogen and oxygen atoms in total. The van der Waals surface area contributed by atoms with E-state index in [1.165, 1.54) is 64.2 Å². The number of aliphatic hydroxyl groups excluding tert-OH is 2. The van der Waals surface area contributed by atoms with Gasteiger partial charge in [0.25, 0.3) is 0 Å². The molecular weight excluding hydrogens is 588 g/mol. The van der Waals surface area contributed by atoms with Crippen molar-refractivity contribution in [1.29, 1.82) is 0 Å². The summed E-state index contributed by atoms with van der Waals surface area (Å²) < 4.78 is 10.3. The summed E-state index contributed by atoms with van der Waals surface area (Å²) in [6.45, 7) is 6.34. The summed E-state index contributed by atoms with van der Waals surface area (Å²) >= 11 is 0. The van der Waals surface area contributed by atoms with E-state index in [0.29, 0.717) is 19.3 Å². The second-order valence-electron chi connectivity index (χ2n) is 13.0. The van der Waals surface area contributed by atoms with Crippen LogP contribution in [0.2, 0.25) is 0 Å². The van der Waals surface area contributed by atoms with Crippen LogP contribution in [0.3, 0.4) is 0 Å². The van der Waals surface area contributed by atoms with Gasteiger partial charge in [-0.25, -0.2) is 0 Å². The van der Waals surface area contributed by atoms with E-state index in [9.17, 15) is 19.8 Å². The maximum absolute atomic E-state index is 11.9. The summed E-state index contributed by atoms with van der Waals surface area (Å²) in [7, 11) is 0. The molecule has 47 heavy (non-hydrogen) atoms. The lowest BCUT2D eigenvalue weighted by Crippen LogP contribution is -2.25. The first-order chi connectivity index (χ1) is 22.8. The Hall–Kier alpha value is -2.44. The number of rotatable bonds is 32. The fourth-order valence-electron chi connectivity index (χ4n) is 4.91. The lowest BCUT2D eigenvalue weighted by molar-refractivity contribution is -0.152. The largest absolute Gasteiger partial charge is 0.463 e. The van der Waals surface area contributed by atoms with Crippen molar-refractivity contribution in [3.63, 3.8) is 0 Å². The Kier molecular flexibility index (Phi) is 33.1. The molecule has 0 heterocycles. The van der Waals surface area contributed by atoms with Gasteiger partial charge in [0.05, 0.1) is 6.10 Å². The van der Waals surface area contributed by atoms with Crippen LogP contribution in [-0.4, -0.2) is 47.6 Å². The van der Waals surface area contributed by atoms with Gasteiger partial charge in [0.15, 0.2) is 0 Å². The highest BCUT2D eigenvalue weighted by molar-refractivity contribution is 5.69. The first kappa shape index (κ1) is 44.6. The van der Waals surface area contributed by atoms with Crippen LogP contribution in [0.5, 0.6) is 0 Å². The van der Waals surface area contributed by atoms with Gasteiger partial charge in [0.2, 0.25) is 0 Å². The number of unbranched alkanes of at least 4 members (excludes halogenated alkanes) is 12. The Bertz CT molecular complexity index is 869. The average molecular weight is 659 g/mol. The highest BCUT2D eigenvalue weighted by Crippen LogP contribution is 2.14. The Labute approximate surface area is 288 Å². The molecule has 0 aromatic carbocycles. The number of esters is 2. The van der Waals surface area contributed by atoms with E-state index in [1.807, 2.05) is 37.3 Å². The second-order valence-corrected chi connectivity index (χ2v) is 13.0. The van der Waals surface area contributed by atoms with Crippen LogP contribution in [0.1, 0.15) is 156 Å². The van der Waals surface area contributed by atoms with Crippen molar-refractivity contribution in [1.82, 2.24) is 0 Å². The maximum Gasteiger partial charge on any atom is 0.305 e. The number of carbonyl (C=O) groups excluding carboxylic acids is 2. The Morgan fingerprint density at radius 2 is 1.09 bits per heavy atom. The van der Waals surface area contributed by atoms with Crippen LogP contribution in [0, 0.1) is 5.92 Å². The van der Waals surface area contributed by atoms with Crippen molar-refractivity contribution in [2.45, 2.75) is 168 Å². The third kappa shape index (κ3) is 36.2. The molecule has 6 heteroatoms. The molecule has 2 atom stereocenters. The molecule has 0 amide bonds. The summed E-state index contributed by atoms with van der Waals surface area (Å²) in [6.07, 6.45) is 40.5. The molecule has 0 saturated carbocycles. The Morgan fingerprint density at radius 1 is 0.596 bits per heavy atom. The second kappa shape index (κ2) is 34.9. The van der Waals surface area contributed by atoms with Crippen molar-refractivity contribution in [3.05, 3.63) is 60.8 Å². The van der Waals surface area contributed by atoms with Gasteiger partial charge in [-0.15, -0.1) is 0 Å². The summed E-state index contributed by atoms with van der Waals surface area (Å²) in [6, 6.07) is 0. The number of ether oxygens (including phenoxy) is 2. The van der Waals surface area contributed by atoms with E-state index in [0.717, 1.165) is 50.9 Å². The Morgan fingerprint density at radius 3 is 1.66 bits per heavy atom. The molecule has 0 fully saturated rings. The number of aliphatic hydroxyl groups is 2. The summed E-state index contributed by atoms with van der Waals surface area (Å²) in [5.41, 5.74) is 0. The molecule has 270 valence electrons. The molecule has 2 N–H and O–H groups in total. The molecule has 0 aliphatic carbocycles. The van der Waals surface area contributed by atoms with Crippen molar-refractivity contribution >= 4 is 11.9 Å². The van der Waals surface area contributed by atoms with E-state index in [2.05, 4.69) is 44.2 Å². The number of allylic oxidation sites excluding steroid dienone is 8. The fraction of sp³-hybridized carbons (Fsp3) is 0.707. The van der Waals surface area contributed by atoms with Gasteiger partial charge in [-0.3, -0.25) is 9.59 Å².